The number of aromatic amines is 1. The zero-order valence-electron chi connectivity index (χ0n) is 20.7. The molecule has 0 spiro atoms. The number of carbonyl (C=O) groups is 2. The van der Waals surface area contributed by atoms with Crippen molar-refractivity contribution >= 4 is 17.5 Å². The summed E-state index contributed by atoms with van der Waals surface area (Å²) in [5.41, 5.74) is 3.20. The number of amides is 2. The van der Waals surface area contributed by atoms with Gasteiger partial charge in [-0.25, -0.2) is 9.49 Å². The van der Waals surface area contributed by atoms with Crippen molar-refractivity contribution < 1.29 is 14.0 Å². The number of benzene rings is 1. The van der Waals surface area contributed by atoms with E-state index in [0.717, 1.165) is 24.2 Å². The van der Waals surface area contributed by atoms with Gasteiger partial charge in [0.25, 0.3) is 17.4 Å². The number of nitrogens with zero attached hydrogens (tertiary/aromatic N) is 4. The molecule has 1 saturated heterocycles. The Morgan fingerprint density at radius 3 is 2.68 bits per heavy atom. The van der Waals surface area contributed by atoms with E-state index in [0.29, 0.717) is 55.6 Å². The molecule has 10 heteroatoms. The number of hydrogen-bond donors (Lipinski definition) is 2. The number of carbonyl (C=O) groups excluding carboxylic acids is 2. The highest BCUT2D eigenvalue weighted by atomic mass is 19.1. The van der Waals surface area contributed by atoms with Gasteiger partial charge in [-0.15, -0.1) is 0 Å². The maximum absolute atomic E-state index is 14.8. The van der Waals surface area contributed by atoms with Gasteiger partial charge in [-0.05, 0) is 55.5 Å². The van der Waals surface area contributed by atoms with Crippen LogP contribution in [0.15, 0.2) is 47.5 Å². The molecule has 0 bridgehead atoms. The highest BCUT2D eigenvalue weighted by Gasteiger charge is 2.29. The van der Waals surface area contributed by atoms with Gasteiger partial charge in [-0.3, -0.25) is 19.4 Å². The van der Waals surface area contributed by atoms with Crippen molar-refractivity contribution in [2.75, 3.05) is 32.0 Å². The van der Waals surface area contributed by atoms with Gasteiger partial charge in [0.2, 0.25) is 0 Å². The molecule has 2 aromatic heterocycles. The van der Waals surface area contributed by atoms with Crippen LogP contribution in [0.2, 0.25) is 0 Å². The third-order valence-electron chi connectivity index (χ3n) is 7.24. The average Bonchev–Trinajstić information content (AvgIpc) is 2.95. The summed E-state index contributed by atoms with van der Waals surface area (Å²) in [6.07, 6.45) is 6.31. The lowest BCUT2D eigenvalue weighted by atomic mass is 9.99. The molecule has 0 saturated carbocycles. The molecule has 9 nitrogen and oxygen atoms in total. The minimum atomic E-state index is -0.583. The summed E-state index contributed by atoms with van der Waals surface area (Å²) in [5.74, 6) is -1.03. The summed E-state index contributed by atoms with van der Waals surface area (Å²) < 4.78 is 14.8. The number of halogens is 1. The number of rotatable bonds is 5. The fourth-order valence-electron chi connectivity index (χ4n) is 5.11. The summed E-state index contributed by atoms with van der Waals surface area (Å²) in [5, 5.41) is 10.0. The number of aromatic nitrogens is 3. The second kappa shape index (κ2) is 10.5. The van der Waals surface area contributed by atoms with Crippen LogP contribution in [0, 0.1) is 5.82 Å². The van der Waals surface area contributed by atoms with Gasteiger partial charge in [0.15, 0.2) is 0 Å². The van der Waals surface area contributed by atoms with E-state index in [4.69, 9.17) is 0 Å². The SMILES string of the molecule is CN(C(=O)c1cc(Cc2n[nH]c(=O)c3c2NCCC3)ccc1F)C1CCN(C(=O)c2ccncc2)CC1. The molecule has 192 valence electrons. The summed E-state index contributed by atoms with van der Waals surface area (Å²) in [7, 11) is 1.68. The van der Waals surface area contributed by atoms with Gasteiger partial charge < -0.3 is 15.1 Å². The molecule has 1 fully saturated rings. The highest BCUT2D eigenvalue weighted by Crippen LogP contribution is 2.25. The fraction of sp³-hybridized carbons (Fsp3) is 0.370. The van der Waals surface area contributed by atoms with Crippen molar-refractivity contribution in [1.29, 1.82) is 0 Å². The zero-order chi connectivity index (χ0) is 25.9. The van der Waals surface area contributed by atoms with Crippen LogP contribution in [0.3, 0.4) is 0 Å². The minimum absolute atomic E-state index is 0.00143. The number of hydrogen-bond acceptors (Lipinski definition) is 6. The molecule has 0 unspecified atom stereocenters. The second-order valence-electron chi connectivity index (χ2n) is 9.55. The summed E-state index contributed by atoms with van der Waals surface area (Å²) in [6, 6.07) is 7.78. The Labute approximate surface area is 213 Å². The van der Waals surface area contributed by atoms with Crippen LogP contribution in [0.1, 0.15) is 56.8 Å². The molecule has 3 aromatic rings. The van der Waals surface area contributed by atoms with Crippen molar-refractivity contribution in [1.82, 2.24) is 25.0 Å². The van der Waals surface area contributed by atoms with Crippen molar-refractivity contribution in [3.05, 3.63) is 86.8 Å². The molecule has 2 N–H and O–H groups in total. The second-order valence-corrected chi connectivity index (χ2v) is 9.55. The van der Waals surface area contributed by atoms with Gasteiger partial charge >= 0.3 is 0 Å². The van der Waals surface area contributed by atoms with E-state index in [9.17, 15) is 18.8 Å². The van der Waals surface area contributed by atoms with Gasteiger partial charge in [0.1, 0.15) is 5.82 Å². The third kappa shape index (κ3) is 5.09. The van der Waals surface area contributed by atoms with Crippen molar-refractivity contribution in [3.63, 3.8) is 0 Å². The number of nitrogens with one attached hydrogen (secondary N) is 2. The third-order valence-corrected chi connectivity index (χ3v) is 7.24. The fourth-order valence-corrected chi connectivity index (χ4v) is 5.11. The molecular formula is C27H29FN6O3. The Bertz CT molecular complexity index is 1370. The summed E-state index contributed by atoms with van der Waals surface area (Å²) in [4.78, 5) is 45.5. The molecule has 1 aromatic carbocycles. The van der Waals surface area contributed by atoms with Gasteiger partial charge in [-0.2, -0.15) is 5.10 Å². The quantitative estimate of drug-likeness (QED) is 0.553. The van der Waals surface area contributed by atoms with Crippen molar-refractivity contribution in [2.24, 2.45) is 0 Å². The van der Waals surface area contributed by atoms with E-state index in [1.807, 2.05) is 0 Å². The smallest absolute Gasteiger partial charge is 0.269 e. The monoisotopic (exact) mass is 504 g/mol. The standard InChI is InChI=1S/C27H29FN6O3/c1-33(19-8-13-34(14-9-19)26(36)18-6-11-29-12-7-18)27(37)21-15-17(4-5-22(21)28)16-23-24-20(3-2-10-30-24)25(35)32-31-23/h4-7,11-12,15,19,30H,2-3,8-10,13-14,16H2,1H3,(H,32,35). The van der Waals surface area contributed by atoms with Gasteiger partial charge in [-0.1, -0.05) is 6.07 Å². The Kier molecular flexibility index (Phi) is 6.98. The first-order valence-corrected chi connectivity index (χ1v) is 12.5. The van der Waals surface area contributed by atoms with Crippen LogP contribution < -0.4 is 10.9 Å². The normalized spacial score (nSPS) is 15.6. The first kappa shape index (κ1) is 24.6. The van der Waals surface area contributed by atoms with Gasteiger partial charge in [0, 0.05) is 62.7 Å². The number of anilines is 1. The molecular weight excluding hydrogens is 475 g/mol. The largest absolute Gasteiger partial charge is 0.383 e. The van der Waals surface area contributed by atoms with Crippen LogP contribution >= 0.6 is 0 Å². The molecule has 0 aliphatic carbocycles. The maximum Gasteiger partial charge on any atom is 0.269 e. The Balaban J connectivity index is 1.27. The predicted molar refractivity (Wildman–Crippen MR) is 136 cm³/mol. The first-order valence-electron chi connectivity index (χ1n) is 12.5. The van der Waals surface area contributed by atoms with E-state index >= 15 is 0 Å². The minimum Gasteiger partial charge on any atom is -0.383 e. The Morgan fingerprint density at radius 2 is 1.92 bits per heavy atom. The van der Waals surface area contributed by atoms with E-state index < -0.39 is 11.7 Å². The lowest BCUT2D eigenvalue weighted by molar-refractivity contribution is 0.0567. The first-order chi connectivity index (χ1) is 17.9. The van der Waals surface area contributed by atoms with Crippen molar-refractivity contribution in [3.8, 4) is 0 Å². The Hall–Kier alpha value is -4.08. The number of fused-ring (bicyclic) bond motifs is 1. The Morgan fingerprint density at radius 1 is 1.16 bits per heavy atom. The van der Waals surface area contributed by atoms with E-state index in [-0.39, 0.29) is 23.1 Å². The number of piperidine rings is 1. The molecule has 2 amide bonds. The molecule has 2 aliphatic heterocycles. The van der Waals surface area contributed by atoms with Gasteiger partial charge in [0.05, 0.1) is 16.9 Å². The zero-order valence-corrected chi connectivity index (χ0v) is 20.7. The topological polar surface area (TPSA) is 111 Å². The number of H-pyrrole nitrogens is 1. The molecule has 37 heavy (non-hydrogen) atoms. The van der Waals surface area contributed by atoms with Crippen LogP contribution in [0.5, 0.6) is 0 Å². The lowest BCUT2D eigenvalue weighted by Crippen LogP contribution is -2.47. The molecule has 2 aliphatic rings. The molecule has 0 radical (unpaired) electrons. The molecule has 0 atom stereocenters. The maximum atomic E-state index is 14.8. The van der Waals surface area contributed by atoms with E-state index in [1.165, 1.54) is 6.07 Å². The van der Waals surface area contributed by atoms with E-state index in [1.54, 1.807) is 53.5 Å². The van der Waals surface area contributed by atoms with Crippen LogP contribution in [-0.2, 0) is 12.8 Å². The summed E-state index contributed by atoms with van der Waals surface area (Å²) in [6.45, 7) is 1.79. The van der Waals surface area contributed by atoms with Crippen LogP contribution in [0.4, 0.5) is 10.1 Å². The number of pyridine rings is 1. The van der Waals surface area contributed by atoms with Crippen LogP contribution in [-0.4, -0.2) is 69.5 Å². The molecule has 4 heterocycles. The number of likely N-dealkylation sites (tertiary alicyclic amines) is 1. The lowest BCUT2D eigenvalue weighted by Gasteiger charge is -2.37. The summed E-state index contributed by atoms with van der Waals surface area (Å²) >= 11 is 0. The predicted octanol–water partition coefficient (Wildman–Crippen LogP) is 2.63. The molecule has 5 rings (SSSR count). The highest BCUT2D eigenvalue weighted by molar-refractivity contribution is 5.95. The van der Waals surface area contributed by atoms with E-state index in [2.05, 4.69) is 20.5 Å². The van der Waals surface area contributed by atoms with Crippen LogP contribution in [0.25, 0.3) is 0 Å². The average molecular weight is 505 g/mol. The van der Waals surface area contributed by atoms with Crippen molar-refractivity contribution in [2.45, 2.75) is 38.1 Å².